The molecule has 0 spiro atoms. The summed E-state index contributed by atoms with van der Waals surface area (Å²) >= 11 is 3.36. The molecular weight excluding hydrogens is 477 g/mol. The molecule has 1 aliphatic heterocycles. The van der Waals surface area contributed by atoms with Crippen molar-refractivity contribution in [3.05, 3.63) is 58.6 Å². The minimum atomic E-state index is -4.34. The van der Waals surface area contributed by atoms with Crippen LogP contribution in [0.15, 0.2) is 53.0 Å². The quantitative estimate of drug-likeness (QED) is 0.524. The number of piperazine rings is 1. The van der Waals surface area contributed by atoms with Crippen LogP contribution in [0.2, 0.25) is 0 Å². The summed E-state index contributed by atoms with van der Waals surface area (Å²) in [5.74, 6) is 0.756. The van der Waals surface area contributed by atoms with Crippen LogP contribution in [-0.4, -0.2) is 68.7 Å². The van der Waals surface area contributed by atoms with Gasteiger partial charge in [0.2, 0.25) is 0 Å². The van der Waals surface area contributed by atoms with Crippen LogP contribution in [0.4, 0.5) is 18.9 Å². The van der Waals surface area contributed by atoms with Crippen LogP contribution in [-0.2, 0) is 10.9 Å². The summed E-state index contributed by atoms with van der Waals surface area (Å²) < 4.78 is 50.8. The average molecular weight is 503 g/mol. The molecule has 2 aromatic rings. The van der Waals surface area contributed by atoms with Crippen molar-refractivity contribution in [2.24, 2.45) is 0 Å². The maximum Gasteiger partial charge on any atom is 0.416 e. The molecule has 1 unspecified atom stereocenters. The van der Waals surface area contributed by atoms with Crippen LogP contribution < -0.4 is 9.64 Å². The lowest BCUT2D eigenvalue weighted by atomic mass is 10.1. The fourth-order valence-electron chi connectivity index (χ4n) is 3.39. The number of benzene rings is 2. The van der Waals surface area contributed by atoms with Crippen molar-refractivity contribution in [3.63, 3.8) is 0 Å². The number of hydrogen-bond acceptors (Lipinski definition) is 5. The van der Waals surface area contributed by atoms with Crippen molar-refractivity contribution in [1.29, 1.82) is 0 Å². The van der Waals surface area contributed by atoms with Crippen LogP contribution in [0, 0.1) is 0 Å². The molecule has 1 saturated heterocycles. The number of rotatable bonds is 9. The maximum absolute atomic E-state index is 12.9. The molecule has 0 bridgehead atoms. The zero-order chi connectivity index (χ0) is 22.3. The minimum Gasteiger partial charge on any atom is -0.491 e. The molecule has 1 atom stereocenters. The third-order valence-corrected chi connectivity index (χ3v) is 5.53. The molecule has 31 heavy (non-hydrogen) atoms. The third-order valence-electron chi connectivity index (χ3n) is 5.00. The molecule has 9 heteroatoms. The Morgan fingerprint density at radius 1 is 1.00 bits per heavy atom. The van der Waals surface area contributed by atoms with Crippen LogP contribution in [0.25, 0.3) is 0 Å². The minimum absolute atomic E-state index is 0.206. The first-order chi connectivity index (χ1) is 14.8. The van der Waals surface area contributed by atoms with Crippen molar-refractivity contribution < 1.29 is 27.8 Å². The fraction of sp³-hybridized carbons (Fsp3) is 0.455. The Labute approximate surface area is 188 Å². The van der Waals surface area contributed by atoms with E-state index >= 15 is 0 Å². The Hall–Kier alpha value is -1.81. The van der Waals surface area contributed by atoms with E-state index in [1.54, 1.807) is 6.07 Å². The first-order valence-electron chi connectivity index (χ1n) is 10.1. The number of aliphatic hydroxyl groups is 1. The van der Waals surface area contributed by atoms with E-state index in [9.17, 15) is 18.3 Å². The molecule has 0 saturated carbocycles. The third kappa shape index (κ3) is 7.68. The first-order valence-corrected chi connectivity index (χ1v) is 10.9. The molecule has 0 radical (unpaired) electrons. The van der Waals surface area contributed by atoms with Gasteiger partial charge < -0.3 is 19.5 Å². The lowest BCUT2D eigenvalue weighted by molar-refractivity contribution is -0.137. The highest BCUT2D eigenvalue weighted by molar-refractivity contribution is 9.10. The van der Waals surface area contributed by atoms with Crippen LogP contribution in [0.5, 0.6) is 5.75 Å². The van der Waals surface area contributed by atoms with E-state index in [1.807, 2.05) is 29.2 Å². The Morgan fingerprint density at radius 3 is 2.39 bits per heavy atom. The number of halogens is 4. The van der Waals surface area contributed by atoms with Gasteiger partial charge in [0.15, 0.2) is 0 Å². The fourth-order valence-corrected chi connectivity index (χ4v) is 3.65. The molecular formula is C22H26BrF3N2O3. The predicted octanol–water partition coefficient (Wildman–Crippen LogP) is 4.05. The second-order valence-corrected chi connectivity index (χ2v) is 8.28. The van der Waals surface area contributed by atoms with Gasteiger partial charge in [0, 0.05) is 42.9 Å². The number of alkyl halides is 3. The highest BCUT2D eigenvalue weighted by Gasteiger charge is 2.31. The van der Waals surface area contributed by atoms with Gasteiger partial charge in [-0.1, -0.05) is 22.0 Å². The Morgan fingerprint density at radius 2 is 1.71 bits per heavy atom. The predicted molar refractivity (Wildman–Crippen MR) is 117 cm³/mol. The van der Waals surface area contributed by atoms with Gasteiger partial charge in [0.1, 0.15) is 12.4 Å². The first kappa shape index (κ1) is 23.8. The van der Waals surface area contributed by atoms with Crippen molar-refractivity contribution in [2.45, 2.75) is 12.3 Å². The monoisotopic (exact) mass is 502 g/mol. The van der Waals surface area contributed by atoms with Gasteiger partial charge in [0.25, 0.3) is 0 Å². The second kappa shape index (κ2) is 11.2. The molecule has 1 fully saturated rings. The lowest BCUT2D eigenvalue weighted by Gasteiger charge is -2.37. The Balaban J connectivity index is 1.32. The second-order valence-electron chi connectivity index (χ2n) is 7.37. The normalized spacial score (nSPS) is 16.4. The number of ether oxygens (including phenoxy) is 2. The largest absolute Gasteiger partial charge is 0.491 e. The summed E-state index contributed by atoms with van der Waals surface area (Å²) in [6, 6.07) is 12.9. The molecule has 5 nitrogen and oxygen atoms in total. The highest BCUT2D eigenvalue weighted by Crippen LogP contribution is 2.31. The van der Waals surface area contributed by atoms with Gasteiger partial charge in [0.05, 0.1) is 24.9 Å². The zero-order valence-electron chi connectivity index (χ0n) is 17.0. The summed E-state index contributed by atoms with van der Waals surface area (Å²) in [6.07, 6.45) is -4.97. The molecule has 170 valence electrons. The standard InChI is InChI=1S/C22H26BrF3N2O3/c23-18-4-6-21(7-5-18)31-13-12-30-16-20(29)15-27-8-10-28(11-9-27)19-3-1-2-17(14-19)22(24,25)26/h1-7,14,20,29H,8-13,15-16H2. The molecule has 1 heterocycles. The van der Waals surface area contributed by atoms with Crippen molar-refractivity contribution in [3.8, 4) is 5.75 Å². The van der Waals surface area contributed by atoms with E-state index in [2.05, 4.69) is 20.8 Å². The highest BCUT2D eigenvalue weighted by atomic mass is 79.9. The van der Waals surface area contributed by atoms with Gasteiger partial charge in [-0.3, -0.25) is 4.90 Å². The molecule has 2 aromatic carbocycles. The van der Waals surface area contributed by atoms with E-state index in [1.165, 1.54) is 12.1 Å². The van der Waals surface area contributed by atoms with Crippen LogP contribution in [0.3, 0.4) is 0 Å². The summed E-state index contributed by atoms with van der Waals surface area (Å²) in [7, 11) is 0. The average Bonchev–Trinajstić information content (AvgIpc) is 2.75. The molecule has 0 aliphatic carbocycles. The topological polar surface area (TPSA) is 45.2 Å². The van der Waals surface area contributed by atoms with Gasteiger partial charge in [-0.2, -0.15) is 13.2 Å². The summed E-state index contributed by atoms with van der Waals surface area (Å²) in [4.78, 5) is 4.03. The number of anilines is 1. The molecule has 1 N–H and O–H groups in total. The summed E-state index contributed by atoms with van der Waals surface area (Å²) in [5.41, 5.74) is -0.0618. The smallest absolute Gasteiger partial charge is 0.416 e. The number of nitrogens with zero attached hydrogens (tertiary/aromatic N) is 2. The lowest BCUT2D eigenvalue weighted by Crippen LogP contribution is -2.49. The van der Waals surface area contributed by atoms with Gasteiger partial charge in [-0.15, -0.1) is 0 Å². The van der Waals surface area contributed by atoms with Crippen LogP contribution >= 0.6 is 15.9 Å². The van der Waals surface area contributed by atoms with E-state index in [4.69, 9.17) is 9.47 Å². The van der Waals surface area contributed by atoms with E-state index in [0.717, 1.165) is 16.3 Å². The van der Waals surface area contributed by atoms with E-state index < -0.39 is 17.8 Å². The van der Waals surface area contributed by atoms with Crippen molar-refractivity contribution in [2.75, 3.05) is 57.4 Å². The van der Waals surface area contributed by atoms with E-state index in [0.29, 0.717) is 51.6 Å². The molecule has 0 amide bonds. The molecule has 1 aliphatic rings. The molecule has 0 aromatic heterocycles. The van der Waals surface area contributed by atoms with Crippen LogP contribution in [0.1, 0.15) is 5.56 Å². The summed E-state index contributed by atoms with van der Waals surface area (Å²) in [5, 5.41) is 10.2. The van der Waals surface area contributed by atoms with Gasteiger partial charge in [-0.25, -0.2) is 0 Å². The van der Waals surface area contributed by atoms with E-state index in [-0.39, 0.29) is 6.61 Å². The number of aliphatic hydroxyl groups excluding tert-OH is 1. The zero-order valence-corrected chi connectivity index (χ0v) is 18.6. The molecule has 3 rings (SSSR count). The van der Waals surface area contributed by atoms with Gasteiger partial charge in [-0.05, 0) is 42.5 Å². The Bertz CT molecular complexity index is 812. The summed E-state index contributed by atoms with van der Waals surface area (Å²) in [6.45, 7) is 3.98. The van der Waals surface area contributed by atoms with Crippen molar-refractivity contribution >= 4 is 21.6 Å². The SMILES string of the molecule is OC(COCCOc1ccc(Br)cc1)CN1CCN(c2cccc(C(F)(F)F)c2)CC1. The van der Waals surface area contributed by atoms with Crippen molar-refractivity contribution in [1.82, 2.24) is 4.90 Å². The maximum atomic E-state index is 12.9. The van der Waals surface area contributed by atoms with Gasteiger partial charge >= 0.3 is 6.18 Å². The number of β-amino-alcohol motifs (C(OH)–C–C–N with tert-alkyl or cyclic N) is 1. The Kier molecular flexibility index (Phi) is 8.59. The number of hydrogen-bond donors (Lipinski definition) is 1.